The Morgan fingerprint density at radius 1 is 1.16 bits per heavy atom. The van der Waals surface area contributed by atoms with E-state index in [1.54, 1.807) is 11.1 Å². The molecular formula is C17H28N2. The largest absolute Gasteiger partial charge is 0.330 e. The van der Waals surface area contributed by atoms with Gasteiger partial charge < -0.3 is 11.1 Å². The number of benzene rings is 1. The molecule has 2 heteroatoms. The van der Waals surface area contributed by atoms with E-state index in [0.29, 0.717) is 11.8 Å². The average Bonchev–Trinajstić information content (AvgIpc) is 2.43. The molecule has 2 nitrogen and oxygen atoms in total. The van der Waals surface area contributed by atoms with Crippen LogP contribution in [-0.4, -0.2) is 13.1 Å². The van der Waals surface area contributed by atoms with Crippen LogP contribution in [0.15, 0.2) is 18.2 Å². The van der Waals surface area contributed by atoms with Crippen LogP contribution < -0.4 is 11.1 Å². The fourth-order valence-corrected chi connectivity index (χ4v) is 2.89. The van der Waals surface area contributed by atoms with Crippen molar-refractivity contribution in [3.05, 3.63) is 34.9 Å². The van der Waals surface area contributed by atoms with E-state index in [2.05, 4.69) is 37.4 Å². The van der Waals surface area contributed by atoms with Gasteiger partial charge in [0.15, 0.2) is 0 Å². The molecule has 0 saturated heterocycles. The number of aryl methyl sites for hydroxylation is 2. The summed E-state index contributed by atoms with van der Waals surface area (Å²) in [5.41, 5.74) is 10.4. The van der Waals surface area contributed by atoms with Crippen LogP contribution in [0, 0.1) is 11.8 Å². The van der Waals surface area contributed by atoms with E-state index in [-0.39, 0.29) is 0 Å². The molecule has 1 aliphatic carbocycles. The SMILES string of the molecule is CC(C)C(CN)CNCc1ccc2c(c1)CCCC2. The molecule has 1 aromatic carbocycles. The zero-order valence-corrected chi connectivity index (χ0v) is 12.4. The molecule has 0 heterocycles. The molecule has 0 aliphatic heterocycles. The summed E-state index contributed by atoms with van der Waals surface area (Å²) in [4.78, 5) is 0. The second kappa shape index (κ2) is 7.06. The molecule has 1 aromatic rings. The predicted molar refractivity (Wildman–Crippen MR) is 82.2 cm³/mol. The molecule has 1 aliphatic rings. The van der Waals surface area contributed by atoms with E-state index in [9.17, 15) is 0 Å². The van der Waals surface area contributed by atoms with Gasteiger partial charge in [-0.25, -0.2) is 0 Å². The molecular weight excluding hydrogens is 232 g/mol. The lowest BCUT2D eigenvalue weighted by Crippen LogP contribution is -2.31. The lowest BCUT2D eigenvalue weighted by Gasteiger charge is -2.20. The van der Waals surface area contributed by atoms with Crippen LogP contribution in [-0.2, 0) is 19.4 Å². The first-order valence-corrected chi connectivity index (χ1v) is 7.72. The Morgan fingerprint density at radius 2 is 1.89 bits per heavy atom. The van der Waals surface area contributed by atoms with Gasteiger partial charge in [-0.3, -0.25) is 0 Å². The summed E-state index contributed by atoms with van der Waals surface area (Å²) in [6.45, 7) is 7.26. The van der Waals surface area contributed by atoms with E-state index >= 15 is 0 Å². The van der Waals surface area contributed by atoms with E-state index in [0.717, 1.165) is 19.6 Å². The maximum absolute atomic E-state index is 5.80. The number of nitrogens with two attached hydrogens (primary N) is 1. The van der Waals surface area contributed by atoms with Crippen molar-refractivity contribution in [1.29, 1.82) is 0 Å². The number of nitrogens with one attached hydrogen (secondary N) is 1. The lowest BCUT2D eigenvalue weighted by molar-refractivity contribution is 0.370. The van der Waals surface area contributed by atoms with Crippen LogP contribution in [0.2, 0.25) is 0 Å². The molecule has 19 heavy (non-hydrogen) atoms. The Balaban J connectivity index is 1.86. The van der Waals surface area contributed by atoms with Gasteiger partial charge in [-0.2, -0.15) is 0 Å². The van der Waals surface area contributed by atoms with Crippen molar-refractivity contribution in [3.8, 4) is 0 Å². The van der Waals surface area contributed by atoms with Crippen molar-refractivity contribution in [2.45, 2.75) is 46.1 Å². The van der Waals surface area contributed by atoms with Gasteiger partial charge in [0.2, 0.25) is 0 Å². The average molecular weight is 260 g/mol. The summed E-state index contributed by atoms with van der Waals surface area (Å²) in [5.74, 6) is 1.23. The molecule has 0 amide bonds. The first-order chi connectivity index (χ1) is 9.20. The molecule has 3 N–H and O–H groups in total. The van der Waals surface area contributed by atoms with Crippen LogP contribution in [0.3, 0.4) is 0 Å². The molecule has 2 rings (SSSR count). The third-order valence-corrected chi connectivity index (χ3v) is 4.39. The summed E-state index contributed by atoms with van der Waals surface area (Å²) >= 11 is 0. The van der Waals surface area contributed by atoms with Gasteiger partial charge in [0, 0.05) is 6.54 Å². The zero-order chi connectivity index (χ0) is 13.7. The minimum atomic E-state index is 0.581. The molecule has 1 unspecified atom stereocenters. The Morgan fingerprint density at radius 3 is 2.58 bits per heavy atom. The van der Waals surface area contributed by atoms with E-state index < -0.39 is 0 Å². The van der Waals surface area contributed by atoms with Crippen LogP contribution in [0.4, 0.5) is 0 Å². The van der Waals surface area contributed by atoms with Gasteiger partial charge in [0.25, 0.3) is 0 Å². The van der Waals surface area contributed by atoms with Crippen molar-refractivity contribution in [2.75, 3.05) is 13.1 Å². The fraction of sp³-hybridized carbons (Fsp3) is 0.647. The molecule has 0 bridgehead atoms. The number of fused-ring (bicyclic) bond motifs is 1. The maximum atomic E-state index is 5.80. The van der Waals surface area contributed by atoms with Crippen molar-refractivity contribution >= 4 is 0 Å². The second-order valence-electron chi connectivity index (χ2n) is 6.18. The fourth-order valence-electron chi connectivity index (χ4n) is 2.89. The highest BCUT2D eigenvalue weighted by atomic mass is 14.9. The number of hydrogen-bond donors (Lipinski definition) is 2. The highest BCUT2D eigenvalue weighted by Gasteiger charge is 2.12. The van der Waals surface area contributed by atoms with Crippen molar-refractivity contribution in [1.82, 2.24) is 5.32 Å². The summed E-state index contributed by atoms with van der Waals surface area (Å²) in [6, 6.07) is 7.01. The smallest absolute Gasteiger partial charge is 0.0205 e. The maximum Gasteiger partial charge on any atom is 0.0205 e. The normalized spacial score (nSPS) is 16.4. The van der Waals surface area contributed by atoms with Crippen LogP contribution in [0.1, 0.15) is 43.4 Å². The third-order valence-electron chi connectivity index (χ3n) is 4.39. The molecule has 1 atom stereocenters. The molecule has 0 spiro atoms. The summed E-state index contributed by atoms with van der Waals surface area (Å²) in [5, 5.41) is 3.56. The van der Waals surface area contributed by atoms with Gasteiger partial charge in [-0.1, -0.05) is 32.0 Å². The predicted octanol–water partition coefficient (Wildman–Crippen LogP) is 2.89. The van der Waals surface area contributed by atoms with Crippen LogP contribution >= 0.6 is 0 Å². The molecule has 0 fully saturated rings. The van der Waals surface area contributed by atoms with Gasteiger partial charge in [-0.15, -0.1) is 0 Å². The summed E-state index contributed by atoms with van der Waals surface area (Å²) in [6.07, 6.45) is 5.25. The Kier molecular flexibility index (Phi) is 5.41. The Bertz CT molecular complexity index is 398. The molecule has 0 aromatic heterocycles. The van der Waals surface area contributed by atoms with Crippen molar-refractivity contribution in [2.24, 2.45) is 17.6 Å². The van der Waals surface area contributed by atoms with E-state index in [1.807, 2.05) is 0 Å². The van der Waals surface area contributed by atoms with Crippen molar-refractivity contribution < 1.29 is 0 Å². The monoisotopic (exact) mass is 260 g/mol. The first-order valence-electron chi connectivity index (χ1n) is 7.72. The minimum Gasteiger partial charge on any atom is -0.330 e. The molecule has 0 saturated carbocycles. The number of hydrogen-bond acceptors (Lipinski definition) is 2. The van der Waals surface area contributed by atoms with Gasteiger partial charge in [0.1, 0.15) is 0 Å². The quantitative estimate of drug-likeness (QED) is 0.825. The number of rotatable bonds is 6. The standard InChI is InChI=1S/C17H28N2/c1-13(2)17(10-18)12-19-11-14-7-8-15-5-3-4-6-16(15)9-14/h7-9,13,17,19H,3-6,10-12,18H2,1-2H3. The van der Waals surface area contributed by atoms with Gasteiger partial charge >= 0.3 is 0 Å². The minimum absolute atomic E-state index is 0.581. The zero-order valence-electron chi connectivity index (χ0n) is 12.4. The second-order valence-corrected chi connectivity index (χ2v) is 6.18. The van der Waals surface area contributed by atoms with E-state index in [4.69, 9.17) is 5.73 Å². The van der Waals surface area contributed by atoms with Gasteiger partial charge in [0.05, 0.1) is 0 Å². The topological polar surface area (TPSA) is 38.0 Å². The summed E-state index contributed by atoms with van der Waals surface area (Å²) < 4.78 is 0. The Hall–Kier alpha value is -0.860. The summed E-state index contributed by atoms with van der Waals surface area (Å²) in [7, 11) is 0. The highest BCUT2D eigenvalue weighted by Crippen LogP contribution is 2.22. The molecule has 0 radical (unpaired) electrons. The van der Waals surface area contributed by atoms with Gasteiger partial charge in [-0.05, 0) is 67.3 Å². The van der Waals surface area contributed by atoms with E-state index in [1.165, 1.54) is 31.2 Å². The van der Waals surface area contributed by atoms with Crippen LogP contribution in [0.25, 0.3) is 0 Å². The van der Waals surface area contributed by atoms with Crippen molar-refractivity contribution in [3.63, 3.8) is 0 Å². The Labute approximate surface area is 117 Å². The lowest BCUT2D eigenvalue weighted by atomic mass is 9.90. The first kappa shape index (κ1) is 14.5. The van der Waals surface area contributed by atoms with Crippen LogP contribution in [0.5, 0.6) is 0 Å². The third kappa shape index (κ3) is 4.05. The highest BCUT2D eigenvalue weighted by molar-refractivity contribution is 5.33. The molecule has 106 valence electrons.